The van der Waals surface area contributed by atoms with Gasteiger partial charge in [-0.3, -0.25) is 9.59 Å². The van der Waals surface area contributed by atoms with Gasteiger partial charge in [0, 0.05) is 30.5 Å². The Hall–Kier alpha value is -1.64. The molecule has 0 saturated carbocycles. The van der Waals surface area contributed by atoms with Crippen molar-refractivity contribution in [1.29, 1.82) is 0 Å². The normalized spacial score (nSPS) is 27.3. The molecule has 1 amide bonds. The number of carbonyl (C=O) groups excluding carboxylic acids is 2. The van der Waals surface area contributed by atoms with Crippen LogP contribution in [0.2, 0.25) is 0 Å². The van der Waals surface area contributed by atoms with E-state index in [4.69, 9.17) is 0 Å². The first-order valence-electron chi connectivity index (χ1n) is 6.15. The average Bonchev–Trinajstić information content (AvgIpc) is 2.62. The lowest BCUT2D eigenvalue weighted by Crippen LogP contribution is -2.46. The molecule has 0 radical (unpaired) electrons. The Morgan fingerprint density at radius 1 is 1.06 bits per heavy atom. The van der Waals surface area contributed by atoms with Crippen molar-refractivity contribution < 1.29 is 9.59 Å². The van der Waals surface area contributed by atoms with Crippen molar-refractivity contribution in [2.75, 3.05) is 0 Å². The van der Waals surface area contributed by atoms with E-state index in [0.29, 0.717) is 18.6 Å². The third kappa shape index (κ3) is 1.75. The van der Waals surface area contributed by atoms with Gasteiger partial charge >= 0.3 is 0 Å². The van der Waals surface area contributed by atoms with E-state index < -0.39 is 0 Å². The molecule has 2 atom stereocenters. The summed E-state index contributed by atoms with van der Waals surface area (Å²) in [5, 5.41) is 0. The van der Waals surface area contributed by atoms with Crippen LogP contribution in [0.3, 0.4) is 0 Å². The van der Waals surface area contributed by atoms with Gasteiger partial charge in [0.15, 0.2) is 0 Å². The van der Waals surface area contributed by atoms with Crippen molar-refractivity contribution in [2.45, 2.75) is 37.8 Å². The monoisotopic (exact) mass is 229 g/mol. The fourth-order valence-corrected chi connectivity index (χ4v) is 3.03. The number of rotatable bonds is 1. The molecule has 0 spiro atoms. The van der Waals surface area contributed by atoms with E-state index in [0.717, 1.165) is 18.4 Å². The second kappa shape index (κ2) is 3.99. The van der Waals surface area contributed by atoms with E-state index in [1.54, 1.807) is 0 Å². The number of piperidine rings is 1. The van der Waals surface area contributed by atoms with E-state index in [-0.39, 0.29) is 18.0 Å². The SMILES string of the molecule is O=C1CC2CC[C@@H](C1)N2C(=O)c1ccccc1. The largest absolute Gasteiger partial charge is 0.332 e. The maximum Gasteiger partial charge on any atom is 0.254 e. The molecular formula is C14H15NO2. The molecule has 2 heterocycles. The number of carbonyl (C=O) groups is 2. The van der Waals surface area contributed by atoms with E-state index in [1.807, 2.05) is 35.2 Å². The topological polar surface area (TPSA) is 37.4 Å². The minimum Gasteiger partial charge on any atom is -0.332 e. The molecular weight excluding hydrogens is 214 g/mol. The molecule has 2 aliphatic heterocycles. The standard InChI is InChI=1S/C14H15NO2/c16-13-8-11-6-7-12(9-13)15(11)14(17)10-4-2-1-3-5-10/h1-5,11-12H,6-9H2/t11-,12?/m0/s1. The molecule has 2 aliphatic rings. The van der Waals surface area contributed by atoms with Gasteiger partial charge in [-0.25, -0.2) is 0 Å². The molecule has 1 aromatic rings. The summed E-state index contributed by atoms with van der Waals surface area (Å²) in [5.41, 5.74) is 0.735. The molecule has 3 rings (SSSR count). The molecule has 17 heavy (non-hydrogen) atoms. The fraction of sp³-hybridized carbons (Fsp3) is 0.429. The predicted molar refractivity (Wildman–Crippen MR) is 63.7 cm³/mol. The summed E-state index contributed by atoms with van der Waals surface area (Å²) < 4.78 is 0. The van der Waals surface area contributed by atoms with Gasteiger partial charge in [-0.05, 0) is 25.0 Å². The molecule has 0 aromatic heterocycles. The molecule has 3 heteroatoms. The first kappa shape index (κ1) is 10.5. The van der Waals surface area contributed by atoms with Crippen LogP contribution in [0.5, 0.6) is 0 Å². The van der Waals surface area contributed by atoms with Gasteiger partial charge in [0.25, 0.3) is 5.91 Å². The van der Waals surface area contributed by atoms with Gasteiger partial charge in [-0.1, -0.05) is 18.2 Å². The van der Waals surface area contributed by atoms with Crippen LogP contribution in [0, 0.1) is 0 Å². The molecule has 0 N–H and O–H groups in total. The van der Waals surface area contributed by atoms with Crippen LogP contribution in [-0.4, -0.2) is 28.7 Å². The summed E-state index contributed by atoms with van der Waals surface area (Å²) in [6, 6.07) is 9.65. The van der Waals surface area contributed by atoms with Crippen LogP contribution in [0.1, 0.15) is 36.0 Å². The molecule has 1 unspecified atom stereocenters. The van der Waals surface area contributed by atoms with E-state index in [1.165, 1.54) is 0 Å². The maximum atomic E-state index is 12.4. The van der Waals surface area contributed by atoms with Gasteiger partial charge in [0.05, 0.1) is 0 Å². The van der Waals surface area contributed by atoms with Crippen molar-refractivity contribution in [1.82, 2.24) is 4.90 Å². The maximum absolute atomic E-state index is 12.4. The highest BCUT2D eigenvalue weighted by Gasteiger charge is 2.42. The lowest BCUT2D eigenvalue weighted by Gasteiger charge is -2.34. The van der Waals surface area contributed by atoms with E-state index in [9.17, 15) is 9.59 Å². The number of amides is 1. The highest BCUT2D eigenvalue weighted by molar-refractivity contribution is 5.96. The number of ketones is 1. The van der Waals surface area contributed by atoms with Crippen LogP contribution in [0.4, 0.5) is 0 Å². The number of benzene rings is 1. The Morgan fingerprint density at radius 2 is 1.65 bits per heavy atom. The highest BCUT2D eigenvalue weighted by Crippen LogP contribution is 2.34. The van der Waals surface area contributed by atoms with Crippen LogP contribution in [0.25, 0.3) is 0 Å². The van der Waals surface area contributed by atoms with Gasteiger partial charge in [0.1, 0.15) is 5.78 Å². The predicted octanol–water partition coefficient (Wildman–Crippen LogP) is 2.02. The van der Waals surface area contributed by atoms with Crippen molar-refractivity contribution in [3.05, 3.63) is 35.9 Å². The van der Waals surface area contributed by atoms with E-state index in [2.05, 4.69) is 0 Å². The molecule has 3 nitrogen and oxygen atoms in total. The van der Waals surface area contributed by atoms with Gasteiger partial charge in [-0.15, -0.1) is 0 Å². The zero-order valence-corrected chi connectivity index (χ0v) is 9.63. The first-order chi connectivity index (χ1) is 8.25. The number of hydrogen-bond donors (Lipinski definition) is 0. The summed E-state index contributed by atoms with van der Waals surface area (Å²) in [4.78, 5) is 25.8. The lowest BCUT2D eigenvalue weighted by atomic mass is 10.00. The number of nitrogens with zero attached hydrogens (tertiary/aromatic N) is 1. The van der Waals surface area contributed by atoms with Crippen molar-refractivity contribution >= 4 is 11.7 Å². The van der Waals surface area contributed by atoms with Gasteiger partial charge < -0.3 is 4.90 Å². The Bertz CT molecular complexity index is 439. The fourth-order valence-electron chi connectivity index (χ4n) is 3.03. The van der Waals surface area contributed by atoms with Crippen LogP contribution in [-0.2, 0) is 4.79 Å². The molecule has 0 aliphatic carbocycles. The van der Waals surface area contributed by atoms with E-state index >= 15 is 0 Å². The van der Waals surface area contributed by atoms with Gasteiger partial charge in [0.2, 0.25) is 0 Å². The Kier molecular flexibility index (Phi) is 2.46. The number of hydrogen-bond acceptors (Lipinski definition) is 2. The summed E-state index contributed by atoms with van der Waals surface area (Å²) in [6.45, 7) is 0. The summed E-state index contributed by atoms with van der Waals surface area (Å²) in [7, 11) is 0. The van der Waals surface area contributed by atoms with Crippen LogP contribution >= 0.6 is 0 Å². The Labute approximate surface area is 100 Å². The van der Waals surface area contributed by atoms with Crippen molar-refractivity contribution in [3.8, 4) is 0 Å². The molecule has 88 valence electrons. The molecule has 2 fully saturated rings. The lowest BCUT2D eigenvalue weighted by molar-refractivity contribution is -0.122. The molecule has 1 aromatic carbocycles. The smallest absolute Gasteiger partial charge is 0.254 e. The van der Waals surface area contributed by atoms with Crippen LogP contribution < -0.4 is 0 Å². The second-order valence-electron chi connectivity index (χ2n) is 4.91. The van der Waals surface area contributed by atoms with Crippen LogP contribution in [0.15, 0.2) is 30.3 Å². The number of fused-ring (bicyclic) bond motifs is 2. The Balaban J connectivity index is 1.86. The summed E-state index contributed by atoms with van der Waals surface area (Å²) >= 11 is 0. The summed E-state index contributed by atoms with van der Waals surface area (Å²) in [6.07, 6.45) is 3.06. The second-order valence-corrected chi connectivity index (χ2v) is 4.91. The summed E-state index contributed by atoms with van der Waals surface area (Å²) in [5.74, 6) is 0.403. The van der Waals surface area contributed by atoms with Gasteiger partial charge in [-0.2, -0.15) is 0 Å². The Morgan fingerprint density at radius 3 is 2.24 bits per heavy atom. The quantitative estimate of drug-likeness (QED) is 0.738. The number of Topliss-reactive ketones (excluding diaryl/α,β-unsaturated/α-hetero) is 1. The first-order valence-corrected chi connectivity index (χ1v) is 6.15. The molecule has 2 saturated heterocycles. The van der Waals surface area contributed by atoms with Crippen molar-refractivity contribution in [3.63, 3.8) is 0 Å². The highest BCUT2D eigenvalue weighted by atomic mass is 16.2. The zero-order chi connectivity index (χ0) is 11.8. The van der Waals surface area contributed by atoms with Crippen molar-refractivity contribution in [2.24, 2.45) is 0 Å². The minimum absolute atomic E-state index is 0.0885. The zero-order valence-electron chi connectivity index (χ0n) is 9.63. The third-order valence-corrected chi connectivity index (χ3v) is 3.80. The third-order valence-electron chi connectivity index (χ3n) is 3.80. The molecule has 2 bridgehead atoms. The average molecular weight is 229 g/mol. The minimum atomic E-state index is 0.0885.